The first kappa shape index (κ1) is 16.9. The van der Waals surface area contributed by atoms with Gasteiger partial charge in [-0.2, -0.15) is 0 Å². The van der Waals surface area contributed by atoms with Crippen molar-refractivity contribution in [1.82, 2.24) is 0 Å². The van der Waals surface area contributed by atoms with E-state index in [9.17, 15) is 8.42 Å². The van der Waals surface area contributed by atoms with E-state index >= 15 is 0 Å². The number of nitrogens with one attached hydrogen (secondary N) is 1. The molecule has 1 N–H and O–H groups in total. The lowest BCUT2D eigenvalue weighted by Crippen LogP contribution is -2.15. The van der Waals surface area contributed by atoms with E-state index in [-0.39, 0.29) is 20.6 Å². The van der Waals surface area contributed by atoms with E-state index in [1.807, 2.05) is 0 Å². The summed E-state index contributed by atoms with van der Waals surface area (Å²) in [5.74, 6) is 0. The van der Waals surface area contributed by atoms with Gasteiger partial charge < -0.3 is 0 Å². The Labute approximate surface area is 146 Å². The second kappa shape index (κ2) is 6.34. The van der Waals surface area contributed by atoms with E-state index in [0.717, 1.165) is 0 Å². The van der Waals surface area contributed by atoms with Crippen LogP contribution in [0.5, 0.6) is 0 Å². The van der Waals surface area contributed by atoms with Crippen molar-refractivity contribution >= 4 is 66.4 Å². The molecule has 0 saturated carbocycles. The second-order valence-electron chi connectivity index (χ2n) is 4.26. The number of rotatable bonds is 3. The molecule has 0 aromatic heterocycles. The maximum absolute atomic E-state index is 12.5. The van der Waals surface area contributed by atoms with Crippen LogP contribution in [0.2, 0.25) is 15.1 Å². The van der Waals surface area contributed by atoms with Gasteiger partial charge in [0.25, 0.3) is 10.0 Å². The Morgan fingerprint density at radius 2 is 1.62 bits per heavy atom. The zero-order valence-electron chi connectivity index (χ0n) is 10.6. The smallest absolute Gasteiger partial charge is 0.262 e. The molecule has 3 nitrogen and oxygen atoms in total. The predicted octanol–water partition coefficient (Wildman–Crippen LogP) is 5.52. The van der Waals surface area contributed by atoms with Crippen LogP contribution in [0.3, 0.4) is 0 Å². The fourth-order valence-corrected chi connectivity index (χ4v) is 4.60. The molecule has 0 aliphatic rings. The van der Waals surface area contributed by atoms with Crippen LogP contribution in [-0.4, -0.2) is 8.42 Å². The first-order valence-electron chi connectivity index (χ1n) is 5.64. The first-order chi connectivity index (χ1) is 9.70. The van der Waals surface area contributed by atoms with Crippen LogP contribution in [0.25, 0.3) is 0 Å². The number of benzene rings is 2. The molecule has 0 aliphatic heterocycles. The highest BCUT2D eigenvalue weighted by molar-refractivity contribution is 9.10. The molecule has 0 fully saturated rings. The Bertz CT molecular complexity index is 786. The summed E-state index contributed by atoms with van der Waals surface area (Å²) in [7, 11) is -3.82. The summed E-state index contributed by atoms with van der Waals surface area (Å²) in [5, 5.41) is 0.582. The van der Waals surface area contributed by atoms with Gasteiger partial charge in [0.05, 0.1) is 20.6 Å². The highest BCUT2D eigenvalue weighted by Gasteiger charge is 2.20. The molecule has 2 aromatic carbocycles. The average Bonchev–Trinajstić information content (AvgIpc) is 2.36. The number of anilines is 1. The molecule has 0 spiro atoms. The summed E-state index contributed by atoms with van der Waals surface area (Å²) in [6.45, 7) is 1.70. The summed E-state index contributed by atoms with van der Waals surface area (Å²) < 4.78 is 28.0. The molecular weight excluding hydrogens is 420 g/mol. The Balaban J connectivity index is 2.50. The van der Waals surface area contributed by atoms with Crippen molar-refractivity contribution in [2.24, 2.45) is 0 Å². The van der Waals surface area contributed by atoms with E-state index < -0.39 is 10.0 Å². The van der Waals surface area contributed by atoms with Crippen molar-refractivity contribution in [1.29, 1.82) is 0 Å². The molecule has 0 unspecified atom stereocenters. The van der Waals surface area contributed by atoms with Gasteiger partial charge in [0, 0.05) is 9.50 Å². The number of aryl methyl sites for hydroxylation is 1. The quantitative estimate of drug-likeness (QED) is 0.698. The van der Waals surface area contributed by atoms with Crippen molar-refractivity contribution in [3.05, 3.63) is 55.4 Å². The largest absolute Gasteiger partial charge is 0.277 e. The van der Waals surface area contributed by atoms with Crippen LogP contribution in [0.1, 0.15) is 5.56 Å². The Morgan fingerprint density at radius 1 is 1.05 bits per heavy atom. The molecule has 0 bridgehead atoms. The minimum absolute atomic E-state index is 0.0992. The van der Waals surface area contributed by atoms with Crippen LogP contribution in [0.15, 0.2) is 39.7 Å². The SMILES string of the molecule is Cc1ccc(Br)cc1S(=O)(=O)Nc1c(Cl)cc(Cl)cc1Cl. The Morgan fingerprint density at radius 3 is 2.19 bits per heavy atom. The lowest BCUT2D eigenvalue weighted by Gasteiger charge is -2.13. The molecule has 2 aromatic rings. The molecule has 0 atom stereocenters. The fraction of sp³-hybridized carbons (Fsp3) is 0.0769. The van der Waals surface area contributed by atoms with Crippen LogP contribution in [0, 0.1) is 6.92 Å². The monoisotopic (exact) mass is 427 g/mol. The molecule has 2 rings (SSSR count). The molecule has 0 radical (unpaired) electrons. The summed E-state index contributed by atoms with van der Waals surface area (Å²) in [4.78, 5) is 0.138. The predicted molar refractivity (Wildman–Crippen MR) is 91.2 cm³/mol. The zero-order chi connectivity index (χ0) is 15.8. The second-order valence-corrected chi connectivity index (χ2v) is 8.08. The highest BCUT2D eigenvalue weighted by Crippen LogP contribution is 2.35. The summed E-state index contributed by atoms with van der Waals surface area (Å²) >= 11 is 21.0. The number of halogens is 4. The number of hydrogen-bond donors (Lipinski definition) is 1. The molecular formula is C13H9BrCl3NO2S. The number of hydrogen-bond acceptors (Lipinski definition) is 2. The Hall–Kier alpha value is -0.460. The zero-order valence-corrected chi connectivity index (χ0v) is 15.3. The van der Waals surface area contributed by atoms with Crippen LogP contribution < -0.4 is 4.72 Å². The van der Waals surface area contributed by atoms with E-state index in [1.54, 1.807) is 19.1 Å². The third-order valence-corrected chi connectivity index (χ3v) is 5.48. The van der Waals surface area contributed by atoms with Gasteiger partial charge in [0.2, 0.25) is 0 Å². The lowest BCUT2D eigenvalue weighted by molar-refractivity contribution is 0.600. The maximum Gasteiger partial charge on any atom is 0.262 e. The number of sulfonamides is 1. The summed E-state index contributed by atoms with van der Waals surface area (Å²) in [5.41, 5.74) is 0.703. The third kappa shape index (κ3) is 3.85. The molecule has 0 aliphatic carbocycles. The van der Waals surface area contributed by atoms with Crippen LogP contribution >= 0.6 is 50.7 Å². The van der Waals surface area contributed by atoms with Gasteiger partial charge in [-0.15, -0.1) is 0 Å². The maximum atomic E-state index is 12.5. The summed E-state index contributed by atoms with van der Waals surface area (Å²) in [6, 6.07) is 7.80. The van der Waals surface area contributed by atoms with Gasteiger partial charge in [0.15, 0.2) is 0 Å². The van der Waals surface area contributed by atoms with Gasteiger partial charge >= 0.3 is 0 Å². The van der Waals surface area contributed by atoms with E-state index in [1.165, 1.54) is 18.2 Å². The molecule has 8 heteroatoms. The molecule has 0 heterocycles. The van der Waals surface area contributed by atoms with Gasteiger partial charge in [-0.3, -0.25) is 4.72 Å². The van der Waals surface area contributed by atoms with E-state index in [2.05, 4.69) is 20.7 Å². The Kier molecular flexibility index (Phi) is 5.11. The minimum Gasteiger partial charge on any atom is -0.277 e. The van der Waals surface area contributed by atoms with Crippen LogP contribution in [0.4, 0.5) is 5.69 Å². The summed E-state index contributed by atoms with van der Waals surface area (Å²) in [6.07, 6.45) is 0. The van der Waals surface area contributed by atoms with E-state index in [4.69, 9.17) is 34.8 Å². The average molecular weight is 430 g/mol. The van der Waals surface area contributed by atoms with Gasteiger partial charge in [0.1, 0.15) is 0 Å². The normalized spacial score (nSPS) is 11.5. The van der Waals surface area contributed by atoms with Crippen molar-refractivity contribution in [3.8, 4) is 0 Å². The van der Waals surface area contributed by atoms with Crippen LogP contribution in [-0.2, 0) is 10.0 Å². The molecule has 112 valence electrons. The lowest BCUT2D eigenvalue weighted by atomic mass is 10.2. The van der Waals surface area contributed by atoms with Crippen molar-refractivity contribution in [2.75, 3.05) is 4.72 Å². The van der Waals surface area contributed by atoms with Gasteiger partial charge in [-0.25, -0.2) is 8.42 Å². The van der Waals surface area contributed by atoms with E-state index in [0.29, 0.717) is 15.1 Å². The van der Waals surface area contributed by atoms with Crippen molar-refractivity contribution < 1.29 is 8.42 Å². The van der Waals surface area contributed by atoms with Gasteiger partial charge in [-0.1, -0.05) is 56.8 Å². The van der Waals surface area contributed by atoms with Gasteiger partial charge in [-0.05, 0) is 36.8 Å². The standard InChI is InChI=1S/C13H9BrCl3NO2S/c1-7-2-3-8(14)4-12(7)21(19,20)18-13-10(16)5-9(15)6-11(13)17/h2-6,18H,1H3. The van der Waals surface area contributed by atoms with Crippen molar-refractivity contribution in [3.63, 3.8) is 0 Å². The topological polar surface area (TPSA) is 46.2 Å². The van der Waals surface area contributed by atoms with Crippen molar-refractivity contribution in [2.45, 2.75) is 11.8 Å². The first-order valence-corrected chi connectivity index (χ1v) is 9.05. The molecule has 21 heavy (non-hydrogen) atoms. The third-order valence-electron chi connectivity index (χ3n) is 2.68. The molecule has 0 amide bonds. The minimum atomic E-state index is -3.82. The fourth-order valence-electron chi connectivity index (χ4n) is 1.69. The highest BCUT2D eigenvalue weighted by atomic mass is 79.9. The molecule has 0 saturated heterocycles.